The monoisotopic (exact) mass is 440 g/mol. The lowest BCUT2D eigenvalue weighted by atomic mass is 10.3. The first-order chi connectivity index (χ1) is 14.0. The fourth-order valence-corrected chi connectivity index (χ4v) is 4.44. The number of nitrogens with zero attached hydrogens (tertiary/aromatic N) is 2. The predicted octanol–water partition coefficient (Wildman–Crippen LogP) is 2.01. The molecule has 160 valence electrons. The summed E-state index contributed by atoms with van der Waals surface area (Å²) in [5.41, 5.74) is 0. The molecule has 0 bridgehead atoms. The molecule has 0 radical (unpaired) electrons. The summed E-state index contributed by atoms with van der Waals surface area (Å²) in [4.78, 5) is 6.43. The topological polar surface area (TPSA) is 92.3 Å². The highest BCUT2D eigenvalue weighted by molar-refractivity contribution is 7.91. The van der Waals surface area contributed by atoms with Crippen molar-refractivity contribution in [2.45, 2.75) is 11.1 Å². The van der Waals surface area contributed by atoms with E-state index in [2.05, 4.69) is 15.0 Å². The first kappa shape index (κ1) is 23.0. The number of guanidine groups is 1. The highest BCUT2D eigenvalue weighted by atomic mass is 32.2. The van der Waals surface area contributed by atoms with Gasteiger partial charge >= 0.3 is 0 Å². The van der Waals surface area contributed by atoms with Crippen LogP contribution >= 0.6 is 11.3 Å². The molecule has 1 aromatic heterocycles. The van der Waals surface area contributed by atoms with Crippen LogP contribution in [0.15, 0.2) is 51.0 Å². The number of thiophene rings is 1. The molecular weight excluding hydrogens is 412 g/mol. The predicted molar refractivity (Wildman–Crippen MR) is 117 cm³/mol. The van der Waals surface area contributed by atoms with Crippen molar-refractivity contribution < 1.29 is 17.9 Å². The second-order valence-corrected chi connectivity index (χ2v) is 8.95. The summed E-state index contributed by atoms with van der Waals surface area (Å²) in [5, 5.41) is 4.94. The molecule has 0 aliphatic carbocycles. The van der Waals surface area contributed by atoms with Gasteiger partial charge in [-0.3, -0.25) is 4.99 Å². The smallest absolute Gasteiger partial charge is 0.250 e. The molecule has 0 unspecified atom stereocenters. The molecule has 0 atom stereocenters. The molecule has 0 saturated heterocycles. The Morgan fingerprint density at radius 1 is 1.21 bits per heavy atom. The Morgan fingerprint density at radius 2 is 1.93 bits per heavy atom. The molecule has 0 fully saturated rings. The number of hydrogen-bond donors (Lipinski definition) is 2. The van der Waals surface area contributed by atoms with E-state index < -0.39 is 10.0 Å². The summed E-state index contributed by atoms with van der Waals surface area (Å²) in [6.45, 7) is 4.36. The van der Waals surface area contributed by atoms with Gasteiger partial charge in [0.1, 0.15) is 22.3 Å². The van der Waals surface area contributed by atoms with Crippen LogP contribution in [0.4, 0.5) is 0 Å². The zero-order valence-corrected chi connectivity index (χ0v) is 18.6. The first-order valence-electron chi connectivity index (χ1n) is 9.25. The van der Waals surface area contributed by atoms with E-state index >= 15 is 0 Å². The van der Waals surface area contributed by atoms with Gasteiger partial charge in [0.25, 0.3) is 0 Å². The van der Waals surface area contributed by atoms with Crippen molar-refractivity contribution in [3.05, 3.63) is 41.8 Å². The lowest BCUT2D eigenvalue weighted by Gasteiger charge is -2.22. The molecule has 0 amide bonds. The minimum Gasteiger partial charge on any atom is -0.497 e. The number of rotatable bonds is 11. The molecule has 2 aromatic rings. The van der Waals surface area contributed by atoms with Crippen LogP contribution in [0.3, 0.4) is 0 Å². The van der Waals surface area contributed by atoms with Gasteiger partial charge < -0.3 is 19.7 Å². The maximum atomic E-state index is 12.1. The Hall–Kier alpha value is -2.30. The standard InChI is InChI=1S/C19H28N4O4S2/c1-4-20-19(21-11-12-22-29(24,25)18-6-5-15-28-18)23(2)13-14-27-17-9-7-16(26-3)8-10-17/h5-10,15,22H,4,11-14H2,1-3H3,(H,20,21). The second-order valence-electron chi connectivity index (χ2n) is 6.01. The lowest BCUT2D eigenvalue weighted by molar-refractivity contribution is 0.281. The summed E-state index contributed by atoms with van der Waals surface area (Å²) in [6.07, 6.45) is 0. The SMILES string of the molecule is CCNC(=NCCNS(=O)(=O)c1cccs1)N(C)CCOc1ccc(OC)cc1. The van der Waals surface area contributed by atoms with E-state index in [1.54, 1.807) is 24.6 Å². The van der Waals surface area contributed by atoms with E-state index in [1.165, 1.54) is 11.3 Å². The molecule has 0 aliphatic rings. The van der Waals surface area contributed by atoms with Crippen LogP contribution in [-0.4, -0.2) is 66.2 Å². The number of likely N-dealkylation sites (N-methyl/N-ethyl adjacent to an activating group) is 1. The third kappa shape index (κ3) is 7.56. The highest BCUT2D eigenvalue weighted by Gasteiger charge is 2.14. The lowest BCUT2D eigenvalue weighted by Crippen LogP contribution is -2.41. The van der Waals surface area contributed by atoms with Gasteiger partial charge in [-0.25, -0.2) is 13.1 Å². The summed E-state index contributed by atoms with van der Waals surface area (Å²) >= 11 is 1.19. The molecule has 1 aromatic carbocycles. The normalized spacial score (nSPS) is 11.9. The van der Waals surface area contributed by atoms with Crippen LogP contribution in [0.5, 0.6) is 11.5 Å². The summed E-state index contributed by atoms with van der Waals surface area (Å²) in [6, 6.07) is 10.7. The Balaban J connectivity index is 1.80. The van der Waals surface area contributed by atoms with Crippen LogP contribution < -0.4 is 19.5 Å². The average Bonchev–Trinajstić information content (AvgIpc) is 3.26. The zero-order valence-electron chi connectivity index (χ0n) is 16.9. The molecule has 10 heteroatoms. The number of hydrogen-bond acceptors (Lipinski definition) is 6. The minimum absolute atomic E-state index is 0.227. The van der Waals surface area contributed by atoms with Crippen LogP contribution in [0.2, 0.25) is 0 Å². The number of methoxy groups -OCH3 is 1. The third-order valence-corrected chi connectivity index (χ3v) is 6.74. The van der Waals surface area contributed by atoms with E-state index in [1.807, 2.05) is 43.1 Å². The van der Waals surface area contributed by atoms with Gasteiger partial charge in [-0.1, -0.05) is 6.07 Å². The van der Waals surface area contributed by atoms with Gasteiger partial charge in [-0.05, 0) is 42.6 Å². The summed E-state index contributed by atoms with van der Waals surface area (Å²) in [5.74, 6) is 2.25. The van der Waals surface area contributed by atoms with E-state index in [-0.39, 0.29) is 6.54 Å². The minimum atomic E-state index is -3.46. The van der Waals surface area contributed by atoms with E-state index in [0.717, 1.165) is 11.5 Å². The number of ether oxygens (including phenoxy) is 2. The molecule has 0 spiro atoms. The number of nitrogens with one attached hydrogen (secondary N) is 2. The van der Waals surface area contributed by atoms with Gasteiger partial charge in [0.05, 0.1) is 20.2 Å². The molecular formula is C19H28N4O4S2. The largest absolute Gasteiger partial charge is 0.497 e. The fraction of sp³-hybridized carbons (Fsp3) is 0.421. The van der Waals surface area contributed by atoms with Crippen molar-refractivity contribution in [1.29, 1.82) is 0 Å². The van der Waals surface area contributed by atoms with Crippen LogP contribution in [-0.2, 0) is 10.0 Å². The first-order valence-corrected chi connectivity index (χ1v) is 11.6. The number of sulfonamides is 1. The van der Waals surface area contributed by atoms with Gasteiger partial charge in [0.15, 0.2) is 5.96 Å². The van der Waals surface area contributed by atoms with Crippen molar-refractivity contribution in [3.8, 4) is 11.5 Å². The van der Waals surface area contributed by atoms with Gasteiger partial charge in [0, 0.05) is 20.1 Å². The van der Waals surface area contributed by atoms with E-state index in [4.69, 9.17) is 9.47 Å². The highest BCUT2D eigenvalue weighted by Crippen LogP contribution is 2.17. The second kappa shape index (κ2) is 11.6. The Morgan fingerprint density at radius 3 is 2.55 bits per heavy atom. The maximum absolute atomic E-state index is 12.1. The maximum Gasteiger partial charge on any atom is 0.250 e. The number of aliphatic imine (C=N–C) groups is 1. The molecule has 8 nitrogen and oxygen atoms in total. The van der Waals surface area contributed by atoms with Gasteiger partial charge in [-0.15, -0.1) is 11.3 Å². The Kier molecular flexibility index (Phi) is 9.23. The zero-order chi connectivity index (χ0) is 21.1. The molecule has 0 saturated carbocycles. The van der Waals surface area contributed by atoms with Crippen LogP contribution in [0.1, 0.15) is 6.92 Å². The molecule has 29 heavy (non-hydrogen) atoms. The third-order valence-electron chi connectivity index (χ3n) is 3.88. The van der Waals surface area contributed by atoms with Crippen molar-refractivity contribution >= 4 is 27.3 Å². The molecule has 2 N–H and O–H groups in total. The van der Waals surface area contributed by atoms with Crippen molar-refractivity contribution in [2.24, 2.45) is 4.99 Å². The fourth-order valence-electron chi connectivity index (χ4n) is 2.38. The van der Waals surface area contributed by atoms with Gasteiger partial charge in [-0.2, -0.15) is 0 Å². The molecule has 1 heterocycles. The van der Waals surface area contributed by atoms with Crippen molar-refractivity contribution in [3.63, 3.8) is 0 Å². The van der Waals surface area contributed by atoms with Gasteiger partial charge in [0.2, 0.25) is 10.0 Å². The molecule has 2 rings (SSSR count). The number of benzene rings is 1. The van der Waals surface area contributed by atoms with E-state index in [9.17, 15) is 8.42 Å². The molecule has 0 aliphatic heterocycles. The average molecular weight is 441 g/mol. The summed E-state index contributed by atoms with van der Waals surface area (Å²) < 4.78 is 38.0. The van der Waals surface area contributed by atoms with E-state index in [0.29, 0.717) is 36.4 Å². The quantitative estimate of drug-likeness (QED) is 0.316. The van der Waals surface area contributed by atoms with Crippen molar-refractivity contribution in [2.75, 3.05) is 46.9 Å². The Labute approximate surface area is 176 Å². The van der Waals surface area contributed by atoms with Crippen LogP contribution in [0.25, 0.3) is 0 Å². The summed E-state index contributed by atoms with van der Waals surface area (Å²) in [7, 11) is 0.0750. The van der Waals surface area contributed by atoms with Crippen LogP contribution in [0, 0.1) is 0 Å². The van der Waals surface area contributed by atoms with Crippen molar-refractivity contribution in [1.82, 2.24) is 14.9 Å². The Bertz CT molecular complexity index is 853.